The van der Waals surface area contributed by atoms with Crippen molar-refractivity contribution in [3.8, 4) is 5.75 Å². The SMILES string of the molecule is Nc1cnc(Cl)nc1N(N)c1ccc(OCCC=O)cc1. The molecule has 1 aromatic carbocycles. The van der Waals surface area contributed by atoms with Crippen LogP contribution in [-0.4, -0.2) is 22.9 Å². The highest BCUT2D eigenvalue weighted by atomic mass is 35.5. The summed E-state index contributed by atoms with van der Waals surface area (Å²) < 4.78 is 5.37. The Bertz CT molecular complexity index is 620. The summed E-state index contributed by atoms with van der Waals surface area (Å²) in [5.74, 6) is 6.93. The Balaban J connectivity index is 2.14. The molecule has 21 heavy (non-hydrogen) atoms. The van der Waals surface area contributed by atoms with Crippen molar-refractivity contribution < 1.29 is 9.53 Å². The Hall–Kier alpha value is -2.38. The van der Waals surface area contributed by atoms with Gasteiger partial charge in [0.25, 0.3) is 0 Å². The second-order valence-electron chi connectivity index (χ2n) is 4.09. The number of ether oxygens (including phenoxy) is 1. The Kier molecular flexibility index (Phi) is 4.91. The first-order valence-corrected chi connectivity index (χ1v) is 6.49. The summed E-state index contributed by atoms with van der Waals surface area (Å²) >= 11 is 5.74. The van der Waals surface area contributed by atoms with Crippen LogP contribution in [0, 0.1) is 0 Å². The number of aldehydes is 1. The maximum atomic E-state index is 10.2. The zero-order valence-electron chi connectivity index (χ0n) is 11.1. The standard InChI is InChI=1S/C13H14ClN5O2/c14-13-17-8-11(15)12(18-13)19(16)9-2-4-10(5-3-9)21-7-1-6-20/h2-6,8H,1,7,15-16H2. The van der Waals surface area contributed by atoms with Crippen molar-refractivity contribution in [1.29, 1.82) is 0 Å². The van der Waals surface area contributed by atoms with Gasteiger partial charge < -0.3 is 15.3 Å². The van der Waals surface area contributed by atoms with E-state index in [1.54, 1.807) is 24.3 Å². The largest absolute Gasteiger partial charge is 0.493 e. The summed E-state index contributed by atoms with van der Waals surface area (Å²) in [6.45, 7) is 0.337. The van der Waals surface area contributed by atoms with Crippen LogP contribution in [0.2, 0.25) is 5.28 Å². The van der Waals surface area contributed by atoms with Crippen LogP contribution in [0.1, 0.15) is 6.42 Å². The highest BCUT2D eigenvalue weighted by Gasteiger charge is 2.11. The number of nitrogen functional groups attached to an aromatic ring is 1. The molecular weight excluding hydrogens is 294 g/mol. The van der Waals surface area contributed by atoms with E-state index in [-0.39, 0.29) is 5.28 Å². The molecule has 1 heterocycles. The topological polar surface area (TPSA) is 107 Å². The molecular formula is C13H14ClN5O2. The van der Waals surface area contributed by atoms with Crippen LogP contribution in [0.5, 0.6) is 5.75 Å². The second-order valence-corrected chi connectivity index (χ2v) is 4.42. The molecule has 2 rings (SSSR count). The molecule has 4 N–H and O–H groups in total. The van der Waals surface area contributed by atoms with Crippen molar-refractivity contribution in [3.63, 3.8) is 0 Å². The Morgan fingerprint density at radius 1 is 1.33 bits per heavy atom. The number of hydrazine groups is 1. The molecule has 0 amide bonds. The first-order chi connectivity index (χ1) is 10.1. The lowest BCUT2D eigenvalue weighted by atomic mass is 10.3. The molecule has 0 atom stereocenters. The zero-order chi connectivity index (χ0) is 15.2. The molecule has 0 saturated heterocycles. The third-order valence-corrected chi connectivity index (χ3v) is 2.80. The molecule has 0 bridgehead atoms. The summed E-state index contributed by atoms with van der Waals surface area (Å²) in [5.41, 5.74) is 6.74. The maximum absolute atomic E-state index is 10.2. The van der Waals surface area contributed by atoms with Gasteiger partial charge >= 0.3 is 0 Å². The predicted octanol–water partition coefficient (Wildman–Crippen LogP) is 1.69. The molecule has 1 aromatic heterocycles. The lowest BCUT2D eigenvalue weighted by Gasteiger charge is -2.19. The van der Waals surface area contributed by atoms with Gasteiger partial charge in [-0.1, -0.05) is 0 Å². The highest BCUT2D eigenvalue weighted by Crippen LogP contribution is 2.27. The quantitative estimate of drug-likeness (QED) is 0.275. The van der Waals surface area contributed by atoms with E-state index >= 15 is 0 Å². The molecule has 8 heteroatoms. The summed E-state index contributed by atoms with van der Waals surface area (Å²) in [7, 11) is 0. The average molecular weight is 308 g/mol. The Morgan fingerprint density at radius 3 is 2.71 bits per heavy atom. The number of rotatable bonds is 6. The molecule has 0 spiro atoms. The van der Waals surface area contributed by atoms with E-state index in [2.05, 4.69) is 9.97 Å². The number of benzene rings is 1. The normalized spacial score (nSPS) is 10.2. The van der Waals surface area contributed by atoms with Crippen LogP contribution in [0.4, 0.5) is 17.2 Å². The van der Waals surface area contributed by atoms with Gasteiger partial charge in [0.1, 0.15) is 12.0 Å². The van der Waals surface area contributed by atoms with Crippen molar-refractivity contribution in [2.45, 2.75) is 6.42 Å². The summed E-state index contributed by atoms with van der Waals surface area (Å²) in [6.07, 6.45) is 2.54. The van der Waals surface area contributed by atoms with Gasteiger partial charge in [0, 0.05) is 6.42 Å². The molecule has 0 fully saturated rings. The predicted molar refractivity (Wildman–Crippen MR) is 80.4 cm³/mol. The summed E-state index contributed by atoms with van der Waals surface area (Å²) in [6, 6.07) is 6.95. The number of nitrogens with zero attached hydrogens (tertiary/aromatic N) is 3. The van der Waals surface area contributed by atoms with Crippen molar-refractivity contribution in [3.05, 3.63) is 35.7 Å². The fourth-order valence-corrected chi connectivity index (χ4v) is 1.73. The average Bonchev–Trinajstić information content (AvgIpc) is 2.50. The molecule has 110 valence electrons. The maximum Gasteiger partial charge on any atom is 0.224 e. The molecule has 7 nitrogen and oxygen atoms in total. The fourth-order valence-electron chi connectivity index (χ4n) is 1.60. The van der Waals surface area contributed by atoms with E-state index in [1.165, 1.54) is 11.2 Å². The van der Waals surface area contributed by atoms with Gasteiger partial charge in [0.2, 0.25) is 5.28 Å². The minimum Gasteiger partial charge on any atom is -0.493 e. The van der Waals surface area contributed by atoms with Gasteiger partial charge in [-0.05, 0) is 35.9 Å². The molecule has 0 radical (unpaired) electrons. The summed E-state index contributed by atoms with van der Waals surface area (Å²) in [5, 5.41) is 1.36. The fraction of sp³-hybridized carbons (Fsp3) is 0.154. The molecule has 0 aliphatic carbocycles. The Labute approximate surface area is 126 Å². The van der Waals surface area contributed by atoms with Crippen LogP contribution in [-0.2, 0) is 4.79 Å². The molecule has 2 aromatic rings. The second kappa shape index (κ2) is 6.87. The van der Waals surface area contributed by atoms with Gasteiger partial charge in [-0.15, -0.1) is 0 Å². The number of hydrogen-bond donors (Lipinski definition) is 2. The minimum absolute atomic E-state index is 0.0588. The van der Waals surface area contributed by atoms with E-state index in [9.17, 15) is 4.79 Å². The number of nitrogens with two attached hydrogens (primary N) is 2. The van der Waals surface area contributed by atoms with E-state index in [4.69, 9.17) is 27.9 Å². The van der Waals surface area contributed by atoms with Crippen LogP contribution in [0.15, 0.2) is 30.5 Å². The molecule has 0 unspecified atom stereocenters. The third-order valence-electron chi connectivity index (χ3n) is 2.61. The third kappa shape index (κ3) is 3.80. The summed E-state index contributed by atoms with van der Waals surface area (Å²) in [4.78, 5) is 18.0. The Morgan fingerprint density at radius 2 is 2.05 bits per heavy atom. The highest BCUT2D eigenvalue weighted by molar-refractivity contribution is 6.28. The molecule has 0 aliphatic heterocycles. The van der Waals surface area contributed by atoms with Crippen molar-refractivity contribution in [2.24, 2.45) is 5.84 Å². The van der Waals surface area contributed by atoms with E-state index in [0.717, 1.165) is 6.29 Å². The first-order valence-electron chi connectivity index (χ1n) is 6.11. The lowest BCUT2D eigenvalue weighted by Crippen LogP contribution is -2.27. The molecule has 0 saturated carbocycles. The van der Waals surface area contributed by atoms with Gasteiger partial charge in [0.05, 0.1) is 24.2 Å². The number of carbonyl (C=O) groups is 1. The van der Waals surface area contributed by atoms with E-state index in [1.807, 2.05) is 0 Å². The van der Waals surface area contributed by atoms with Crippen LogP contribution < -0.4 is 21.3 Å². The van der Waals surface area contributed by atoms with Gasteiger partial charge in [-0.3, -0.25) is 5.01 Å². The van der Waals surface area contributed by atoms with E-state index < -0.39 is 0 Å². The number of hydrogen-bond acceptors (Lipinski definition) is 7. The minimum atomic E-state index is 0.0588. The van der Waals surface area contributed by atoms with Crippen molar-refractivity contribution >= 4 is 35.1 Å². The number of carbonyl (C=O) groups excluding carboxylic acids is 1. The van der Waals surface area contributed by atoms with E-state index in [0.29, 0.717) is 36.0 Å². The van der Waals surface area contributed by atoms with Gasteiger partial charge in [-0.25, -0.2) is 10.8 Å². The van der Waals surface area contributed by atoms with Crippen molar-refractivity contribution in [2.75, 3.05) is 17.3 Å². The van der Waals surface area contributed by atoms with Gasteiger partial charge in [-0.2, -0.15) is 4.98 Å². The zero-order valence-corrected chi connectivity index (χ0v) is 11.8. The van der Waals surface area contributed by atoms with Crippen LogP contribution >= 0.6 is 11.6 Å². The molecule has 0 aliphatic rings. The smallest absolute Gasteiger partial charge is 0.224 e. The lowest BCUT2D eigenvalue weighted by molar-refractivity contribution is -0.108. The number of halogens is 1. The number of aromatic nitrogens is 2. The first kappa shape index (κ1) is 15.0. The van der Waals surface area contributed by atoms with Gasteiger partial charge in [0.15, 0.2) is 5.82 Å². The monoisotopic (exact) mass is 307 g/mol. The van der Waals surface area contributed by atoms with Crippen LogP contribution in [0.3, 0.4) is 0 Å². The van der Waals surface area contributed by atoms with Crippen molar-refractivity contribution in [1.82, 2.24) is 9.97 Å². The number of anilines is 3. The van der Waals surface area contributed by atoms with Crippen LogP contribution in [0.25, 0.3) is 0 Å².